The molecule has 2 rings (SSSR count). The number of aromatic nitrogens is 2. The van der Waals surface area contributed by atoms with Crippen LogP contribution in [0.25, 0.3) is 0 Å². The summed E-state index contributed by atoms with van der Waals surface area (Å²) in [6.45, 7) is 3.59. The first-order valence-electron chi connectivity index (χ1n) is 6.85. The second-order valence-corrected chi connectivity index (χ2v) is 6.37. The van der Waals surface area contributed by atoms with Crippen molar-refractivity contribution in [1.29, 1.82) is 0 Å². The summed E-state index contributed by atoms with van der Waals surface area (Å²) in [6.07, 6.45) is 5.77. The summed E-state index contributed by atoms with van der Waals surface area (Å²) >= 11 is 6.18. The molecule has 0 amide bonds. The van der Waals surface area contributed by atoms with Gasteiger partial charge in [-0.2, -0.15) is 5.10 Å². The van der Waals surface area contributed by atoms with Crippen LogP contribution in [0, 0.1) is 5.41 Å². The molecule has 0 aromatic carbocycles. The summed E-state index contributed by atoms with van der Waals surface area (Å²) in [5.41, 5.74) is 0.340. The SMILES string of the molecule is CN(C)CCn1ncc(Cl)c1C(=O)C1(C)CCCC1. The third-order valence-electron chi connectivity index (χ3n) is 4.02. The molecule has 0 bridgehead atoms. The molecule has 1 aliphatic rings. The fraction of sp³-hybridized carbons (Fsp3) is 0.714. The number of halogens is 1. The summed E-state index contributed by atoms with van der Waals surface area (Å²) in [4.78, 5) is 14.8. The number of ketones is 1. The van der Waals surface area contributed by atoms with Gasteiger partial charge in [0.05, 0.1) is 17.8 Å². The lowest BCUT2D eigenvalue weighted by atomic mass is 9.82. The van der Waals surface area contributed by atoms with Gasteiger partial charge < -0.3 is 4.90 Å². The predicted octanol–water partition coefficient (Wildman–Crippen LogP) is 2.86. The molecular formula is C14H22ClN3O. The molecule has 19 heavy (non-hydrogen) atoms. The Morgan fingerprint density at radius 2 is 2.11 bits per heavy atom. The summed E-state index contributed by atoms with van der Waals surface area (Å²) in [5.74, 6) is 0.159. The van der Waals surface area contributed by atoms with Crippen LogP contribution in [-0.2, 0) is 6.54 Å². The van der Waals surface area contributed by atoms with Crippen molar-refractivity contribution in [2.24, 2.45) is 5.41 Å². The molecule has 0 unspecified atom stereocenters. The Kier molecular flexibility index (Phi) is 4.31. The number of rotatable bonds is 5. The minimum Gasteiger partial charge on any atom is -0.308 e. The van der Waals surface area contributed by atoms with Gasteiger partial charge in [-0.15, -0.1) is 0 Å². The van der Waals surface area contributed by atoms with Crippen molar-refractivity contribution in [3.63, 3.8) is 0 Å². The van der Waals surface area contributed by atoms with Gasteiger partial charge in [0.25, 0.3) is 0 Å². The van der Waals surface area contributed by atoms with Crippen LogP contribution in [0.15, 0.2) is 6.20 Å². The van der Waals surface area contributed by atoms with E-state index >= 15 is 0 Å². The van der Waals surface area contributed by atoms with E-state index < -0.39 is 0 Å². The van der Waals surface area contributed by atoms with Gasteiger partial charge in [-0.1, -0.05) is 31.4 Å². The van der Waals surface area contributed by atoms with Crippen LogP contribution in [0.1, 0.15) is 43.1 Å². The monoisotopic (exact) mass is 283 g/mol. The standard InChI is InChI=1S/C14H22ClN3O/c1-14(6-4-5-7-14)13(19)12-11(15)10-16-18(12)9-8-17(2)3/h10H,4-9H2,1-3H3. The molecule has 0 aliphatic heterocycles. The van der Waals surface area contributed by atoms with Gasteiger partial charge in [0.1, 0.15) is 5.69 Å². The largest absolute Gasteiger partial charge is 0.308 e. The number of carbonyl (C=O) groups is 1. The van der Waals surface area contributed by atoms with E-state index in [-0.39, 0.29) is 11.2 Å². The first-order valence-corrected chi connectivity index (χ1v) is 7.23. The Bertz CT molecular complexity index is 461. The fourth-order valence-electron chi connectivity index (χ4n) is 2.72. The highest BCUT2D eigenvalue weighted by molar-refractivity contribution is 6.33. The molecule has 0 saturated heterocycles. The van der Waals surface area contributed by atoms with Crippen LogP contribution in [0.4, 0.5) is 0 Å². The molecule has 1 saturated carbocycles. The van der Waals surface area contributed by atoms with E-state index in [4.69, 9.17) is 11.6 Å². The maximum Gasteiger partial charge on any atom is 0.188 e. The summed E-state index contributed by atoms with van der Waals surface area (Å²) in [6, 6.07) is 0. The Hall–Kier alpha value is -0.870. The molecule has 1 aromatic heterocycles. The van der Waals surface area contributed by atoms with Gasteiger partial charge in [-0.25, -0.2) is 0 Å². The average molecular weight is 284 g/mol. The quantitative estimate of drug-likeness (QED) is 0.780. The number of nitrogens with zero attached hydrogens (tertiary/aromatic N) is 3. The van der Waals surface area contributed by atoms with E-state index in [2.05, 4.69) is 16.9 Å². The molecule has 4 nitrogen and oxygen atoms in total. The lowest BCUT2D eigenvalue weighted by Gasteiger charge is -2.22. The van der Waals surface area contributed by atoms with Gasteiger partial charge in [0.15, 0.2) is 5.78 Å². The highest BCUT2D eigenvalue weighted by Gasteiger charge is 2.39. The number of hydrogen-bond donors (Lipinski definition) is 0. The molecule has 106 valence electrons. The average Bonchev–Trinajstić information content (AvgIpc) is 2.93. The van der Waals surface area contributed by atoms with Gasteiger partial charge in [0, 0.05) is 12.0 Å². The number of carbonyl (C=O) groups excluding carboxylic acids is 1. The molecule has 0 spiro atoms. The third kappa shape index (κ3) is 3.00. The highest BCUT2D eigenvalue weighted by Crippen LogP contribution is 2.41. The number of likely N-dealkylation sites (N-methyl/N-ethyl adjacent to an activating group) is 1. The molecular weight excluding hydrogens is 262 g/mol. The van der Waals surface area contributed by atoms with Gasteiger partial charge in [0.2, 0.25) is 0 Å². The van der Waals surface area contributed by atoms with Crippen LogP contribution < -0.4 is 0 Å². The zero-order valence-corrected chi connectivity index (χ0v) is 12.7. The van der Waals surface area contributed by atoms with E-state index in [1.54, 1.807) is 10.9 Å². The Labute approximate surface area is 119 Å². The van der Waals surface area contributed by atoms with Crippen LogP contribution >= 0.6 is 11.6 Å². The topological polar surface area (TPSA) is 38.1 Å². The van der Waals surface area contributed by atoms with E-state index in [0.29, 0.717) is 17.3 Å². The molecule has 0 radical (unpaired) electrons. The lowest BCUT2D eigenvalue weighted by Crippen LogP contribution is -2.29. The first-order chi connectivity index (χ1) is 8.94. The lowest BCUT2D eigenvalue weighted by molar-refractivity contribution is 0.0811. The van der Waals surface area contributed by atoms with Crippen molar-refractivity contribution >= 4 is 17.4 Å². The fourth-order valence-corrected chi connectivity index (χ4v) is 2.95. The van der Waals surface area contributed by atoms with Crippen LogP contribution in [-0.4, -0.2) is 41.1 Å². The minimum atomic E-state index is -0.250. The van der Waals surface area contributed by atoms with Gasteiger partial charge in [-0.3, -0.25) is 9.48 Å². The Morgan fingerprint density at radius 1 is 1.47 bits per heavy atom. The smallest absolute Gasteiger partial charge is 0.188 e. The van der Waals surface area contributed by atoms with Crippen LogP contribution in [0.2, 0.25) is 5.02 Å². The van der Waals surface area contributed by atoms with Crippen molar-refractivity contribution in [2.45, 2.75) is 39.2 Å². The van der Waals surface area contributed by atoms with Crippen molar-refractivity contribution in [3.05, 3.63) is 16.9 Å². The Balaban J connectivity index is 2.23. The highest BCUT2D eigenvalue weighted by atomic mass is 35.5. The first kappa shape index (κ1) is 14.5. The summed E-state index contributed by atoms with van der Waals surface area (Å²) in [5, 5.41) is 4.73. The molecule has 0 N–H and O–H groups in total. The molecule has 1 aliphatic carbocycles. The molecule has 1 fully saturated rings. The van der Waals surface area contributed by atoms with E-state index in [0.717, 1.165) is 32.2 Å². The zero-order chi connectivity index (χ0) is 14.0. The number of hydrogen-bond acceptors (Lipinski definition) is 3. The second-order valence-electron chi connectivity index (χ2n) is 5.96. The van der Waals surface area contributed by atoms with Crippen molar-refractivity contribution in [3.8, 4) is 0 Å². The summed E-state index contributed by atoms with van der Waals surface area (Å²) < 4.78 is 1.76. The van der Waals surface area contributed by atoms with Gasteiger partial charge in [-0.05, 0) is 26.9 Å². The zero-order valence-electron chi connectivity index (χ0n) is 11.9. The normalized spacial score (nSPS) is 18.2. The van der Waals surface area contributed by atoms with Crippen molar-refractivity contribution < 1.29 is 4.79 Å². The van der Waals surface area contributed by atoms with Crippen molar-refractivity contribution in [2.75, 3.05) is 20.6 Å². The van der Waals surface area contributed by atoms with Crippen molar-refractivity contribution in [1.82, 2.24) is 14.7 Å². The summed E-state index contributed by atoms with van der Waals surface area (Å²) in [7, 11) is 4.01. The van der Waals surface area contributed by atoms with Crippen LogP contribution in [0.3, 0.4) is 0 Å². The predicted molar refractivity (Wildman–Crippen MR) is 76.7 cm³/mol. The third-order valence-corrected chi connectivity index (χ3v) is 4.30. The number of Topliss-reactive ketones (excluding diaryl/α,β-unsaturated/α-hetero) is 1. The van der Waals surface area contributed by atoms with Crippen LogP contribution in [0.5, 0.6) is 0 Å². The second kappa shape index (κ2) is 5.63. The van der Waals surface area contributed by atoms with E-state index in [1.807, 2.05) is 14.1 Å². The maximum absolute atomic E-state index is 12.8. The maximum atomic E-state index is 12.8. The minimum absolute atomic E-state index is 0.159. The van der Waals surface area contributed by atoms with E-state index in [1.165, 1.54) is 0 Å². The molecule has 0 atom stereocenters. The Morgan fingerprint density at radius 3 is 2.68 bits per heavy atom. The van der Waals surface area contributed by atoms with Gasteiger partial charge >= 0.3 is 0 Å². The van der Waals surface area contributed by atoms with E-state index in [9.17, 15) is 4.79 Å². The molecule has 1 aromatic rings. The molecule has 1 heterocycles. The molecule has 5 heteroatoms.